The molecule has 0 N–H and O–H groups in total. The lowest BCUT2D eigenvalue weighted by Crippen LogP contribution is -2.11. The number of methoxy groups -OCH3 is 1. The predicted molar refractivity (Wildman–Crippen MR) is 70.3 cm³/mol. The maximum atomic E-state index is 12.9. The molecule has 7 heteroatoms. The quantitative estimate of drug-likeness (QED) is 0.325. The van der Waals surface area contributed by atoms with Gasteiger partial charge in [-0.25, -0.2) is 13.8 Å². The van der Waals surface area contributed by atoms with Gasteiger partial charge in [0.1, 0.15) is 3.70 Å². The third-order valence-electron chi connectivity index (χ3n) is 2.12. The molecule has 0 fully saturated rings. The Bertz CT molecular complexity index is 429. The van der Waals surface area contributed by atoms with Crippen LogP contribution in [0.15, 0.2) is 6.07 Å². The first kappa shape index (κ1) is 14.7. The summed E-state index contributed by atoms with van der Waals surface area (Å²) in [6, 6.07) is 1.29. The summed E-state index contributed by atoms with van der Waals surface area (Å²) < 4.78 is 30.7. The van der Waals surface area contributed by atoms with Crippen molar-refractivity contribution in [1.29, 1.82) is 0 Å². The number of rotatable bonds is 4. The van der Waals surface area contributed by atoms with Crippen LogP contribution in [0.5, 0.6) is 0 Å². The molecule has 0 spiro atoms. The monoisotopic (exact) mass is 419 g/mol. The summed E-state index contributed by atoms with van der Waals surface area (Å²) in [5.41, 5.74) is 0.519. The van der Waals surface area contributed by atoms with Crippen LogP contribution in [0.4, 0.5) is 8.78 Å². The second-order valence-electron chi connectivity index (χ2n) is 3.15. The molecule has 0 aliphatic rings. The maximum absolute atomic E-state index is 12.9. The fourth-order valence-corrected chi connectivity index (χ4v) is 2.43. The molecule has 0 radical (unpaired) electrons. The average Bonchev–Trinajstić information content (AvgIpc) is 2.30. The molecule has 3 nitrogen and oxygen atoms in total. The van der Waals surface area contributed by atoms with Crippen molar-refractivity contribution in [2.24, 2.45) is 0 Å². The van der Waals surface area contributed by atoms with Crippen LogP contribution in [0, 0.1) is 3.70 Å². The summed E-state index contributed by atoms with van der Waals surface area (Å²) >= 11 is 5.04. The summed E-state index contributed by atoms with van der Waals surface area (Å²) in [6.07, 6.45) is -2.83. The Kier molecular flexibility index (Phi) is 5.71. The first-order valence-corrected chi connectivity index (χ1v) is 6.78. The zero-order valence-electron chi connectivity index (χ0n) is 8.84. The number of pyridine rings is 1. The van der Waals surface area contributed by atoms with Crippen molar-refractivity contribution in [3.05, 3.63) is 26.6 Å². The Hall–Kier alpha value is -0.310. The average molecular weight is 420 g/mol. The third kappa shape index (κ3) is 3.84. The highest BCUT2D eigenvalue weighted by Gasteiger charge is 2.20. The van der Waals surface area contributed by atoms with E-state index in [9.17, 15) is 13.6 Å². The third-order valence-corrected chi connectivity index (χ3v) is 3.21. The van der Waals surface area contributed by atoms with Crippen LogP contribution in [0.25, 0.3) is 0 Å². The van der Waals surface area contributed by atoms with Gasteiger partial charge in [-0.15, -0.1) is 0 Å². The molecule has 0 aliphatic carbocycles. The number of halogens is 4. The van der Waals surface area contributed by atoms with E-state index in [1.807, 2.05) is 22.6 Å². The second-order valence-corrected chi connectivity index (χ2v) is 4.81. The highest BCUT2D eigenvalue weighted by Crippen LogP contribution is 2.28. The molecule has 1 aromatic rings. The molecule has 0 unspecified atom stereocenters. The summed E-state index contributed by atoms with van der Waals surface area (Å²) in [6.45, 7) is 0. The van der Waals surface area contributed by atoms with Gasteiger partial charge < -0.3 is 4.74 Å². The van der Waals surface area contributed by atoms with Gasteiger partial charge in [-0.1, -0.05) is 15.9 Å². The van der Waals surface area contributed by atoms with E-state index in [0.717, 1.165) is 0 Å². The van der Waals surface area contributed by atoms with E-state index < -0.39 is 12.4 Å². The number of esters is 1. The zero-order valence-corrected chi connectivity index (χ0v) is 12.6. The van der Waals surface area contributed by atoms with E-state index in [1.165, 1.54) is 13.2 Å². The summed E-state index contributed by atoms with van der Waals surface area (Å²) in [4.78, 5) is 15.3. The Morgan fingerprint density at radius 1 is 1.65 bits per heavy atom. The number of ether oxygens (including phenoxy) is 1. The SMILES string of the molecule is COC(=O)Cc1c(C(F)F)cc(I)nc1CBr. The molecule has 0 saturated carbocycles. The zero-order chi connectivity index (χ0) is 13.0. The molecule has 0 aliphatic heterocycles. The molecule has 0 bridgehead atoms. The molecular formula is C10H9BrF2INO2. The smallest absolute Gasteiger partial charge is 0.310 e. The lowest BCUT2D eigenvalue weighted by atomic mass is 10.0. The van der Waals surface area contributed by atoms with E-state index in [-0.39, 0.29) is 17.5 Å². The molecule has 1 aromatic heterocycles. The number of hydrogen-bond acceptors (Lipinski definition) is 3. The van der Waals surface area contributed by atoms with Gasteiger partial charge in [-0.05, 0) is 34.2 Å². The van der Waals surface area contributed by atoms with Crippen molar-refractivity contribution in [3.63, 3.8) is 0 Å². The van der Waals surface area contributed by atoms with Crippen LogP contribution in [0.3, 0.4) is 0 Å². The predicted octanol–water partition coefficient (Wildman–Crippen LogP) is 3.23. The fraction of sp³-hybridized carbons (Fsp3) is 0.400. The van der Waals surface area contributed by atoms with Crippen molar-refractivity contribution in [2.45, 2.75) is 18.2 Å². The van der Waals surface area contributed by atoms with Gasteiger partial charge in [0.2, 0.25) is 0 Å². The van der Waals surface area contributed by atoms with Gasteiger partial charge in [0.15, 0.2) is 0 Å². The standard InChI is InChI=1S/C10H9BrF2INO2/c1-17-9(16)3-5-6(10(12)13)2-8(14)15-7(5)4-11/h2,10H,3-4H2,1H3. The molecule has 1 rings (SSSR count). The number of aromatic nitrogens is 1. The number of carbonyl (C=O) groups excluding carboxylic acids is 1. The van der Waals surface area contributed by atoms with E-state index in [1.54, 1.807) is 0 Å². The van der Waals surface area contributed by atoms with Gasteiger partial charge in [0, 0.05) is 10.9 Å². The number of carbonyl (C=O) groups is 1. The van der Waals surface area contributed by atoms with Crippen molar-refractivity contribution in [1.82, 2.24) is 4.98 Å². The van der Waals surface area contributed by atoms with Crippen LogP contribution in [0.1, 0.15) is 23.2 Å². The van der Waals surface area contributed by atoms with Crippen LogP contribution in [0.2, 0.25) is 0 Å². The highest BCUT2D eigenvalue weighted by atomic mass is 127. The second kappa shape index (κ2) is 6.58. The van der Waals surface area contributed by atoms with E-state index in [2.05, 4.69) is 25.7 Å². The number of alkyl halides is 3. The van der Waals surface area contributed by atoms with Gasteiger partial charge in [-0.2, -0.15) is 0 Å². The van der Waals surface area contributed by atoms with E-state index in [4.69, 9.17) is 0 Å². The largest absolute Gasteiger partial charge is 0.469 e. The Labute approximate surface area is 119 Å². The maximum Gasteiger partial charge on any atom is 0.310 e. The van der Waals surface area contributed by atoms with Gasteiger partial charge in [0.05, 0.1) is 19.2 Å². The van der Waals surface area contributed by atoms with Gasteiger partial charge in [0.25, 0.3) is 6.43 Å². The lowest BCUT2D eigenvalue weighted by molar-refractivity contribution is -0.139. The van der Waals surface area contributed by atoms with E-state index >= 15 is 0 Å². The van der Waals surface area contributed by atoms with E-state index in [0.29, 0.717) is 14.7 Å². The Balaban J connectivity index is 3.26. The van der Waals surface area contributed by atoms with Gasteiger partial charge >= 0.3 is 5.97 Å². The normalized spacial score (nSPS) is 10.7. The van der Waals surface area contributed by atoms with Crippen molar-refractivity contribution < 1.29 is 18.3 Å². The fourth-order valence-electron chi connectivity index (χ4n) is 1.34. The van der Waals surface area contributed by atoms with Gasteiger partial charge in [-0.3, -0.25) is 4.79 Å². The minimum absolute atomic E-state index is 0.163. The Morgan fingerprint density at radius 2 is 2.29 bits per heavy atom. The molecule has 94 valence electrons. The molecule has 0 saturated heterocycles. The minimum Gasteiger partial charge on any atom is -0.469 e. The van der Waals surface area contributed by atoms with Crippen molar-refractivity contribution >= 4 is 44.5 Å². The summed E-state index contributed by atoms with van der Waals surface area (Å²) in [7, 11) is 1.22. The number of nitrogens with zero attached hydrogens (tertiary/aromatic N) is 1. The minimum atomic E-state index is -2.64. The highest BCUT2D eigenvalue weighted by molar-refractivity contribution is 14.1. The molecule has 0 atom stereocenters. The topological polar surface area (TPSA) is 39.2 Å². The van der Waals surface area contributed by atoms with Crippen molar-refractivity contribution in [3.8, 4) is 0 Å². The van der Waals surface area contributed by atoms with Crippen molar-refractivity contribution in [2.75, 3.05) is 7.11 Å². The molecule has 1 heterocycles. The summed E-state index contributed by atoms with van der Waals surface area (Å²) in [5, 5.41) is 0.315. The molecule has 0 aromatic carbocycles. The van der Waals surface area contributed by atoms with Crippen LogP contribution < -0.4 is 0 Å². The lowest BCUT2D eigenvalue weighted by Gasteiger charge is -2.12. The first-order valence-electron chi connectivity index (χ1n) is 4.58. The summed E-state index contributed by atoms with van der Waals surface area (Å²) in [5.74, 6) is -0.558. The molecule has 0 amide bonds. The molecular weight excluding hydrogens is 411 g/mol. The van der Waals surface area contributed by atoms with Crippen LogP contribution >= 0.6 is 38.5 Å². The van der Waals surface area contributed by atoms with Crippen LogP contribution in [-0.2, 0) is 21.3 Å². The molecule has 17 heavy (non-hydrogen) atoms. The Morgan fingerprint density at radius 3 is 2.76 bits per heavy atom. The first-order chi connectivity index (χ1) is 7.99. The number of hydrogen-bond donors (Lipinski definition) is 0. The van der Waals surface area contributed by atoms with Crippen LogP contribution in [-0.4, -0.2) is 18.1 Å².